The summed E-state index contributed by atoms with van der Waals surface area (Å²) in [5.41, 5.74) is -1.18. The van der Waals surface area contributed by atoms with Gasteiger partial charge in [-0.15, -0.1) is 6.58 Å². The second-order valence-electron chi connectivity index (χ2n) is 8.01. The van der Waals surface area contributed by atoms with Crippen LogP contribution in [-0.4, -0.2) is 16.5 Å². The first-order valence-electron chi connectivity index (χ1n) is 7.94. The Bertz CT molecular complexity index is 604. The molecule has 0 aliphatic carbocycles. The fourth-order valence-corrected chi connectivity index (χ4v) is 3.22. The van der Waals surface area contributed by atoms with Crippen LogP contribution in [0.1, 0.15) is 58.3 Å². The van der Waals surface area contributed by atoms with Gasteiger partial charge in [0.2, 0.25) is 0 Å². The monoisotopic (exact) mass is 333 g/mol. The van der Waals surface area contributed by atoms with Gasteiger partial charge < -0.3 is 4.74 Å². The summed E-state index contributed by atoms with van der Waals surface area (Å²) in [7, 11) is 0. The first-order valence-corrected chi connectivity index (χ1v) is 7.94. The van der Waals surface area contributed by atoms with Crippen LogP contribution in [0.5, 0.6) is 0 Å². The Hall–Kier alpha value is -2.17. The molecule has 0 heterocycles. The van der Waals surface area contributed by atoms with E-state index in [0.717, 1.165) is 0 Å². The van der Waals surface area contributed by atoms with Crippen molar-refractivity contribution in [3.63, 3.8) is 0 Å². The van der Waals surface area contributed by atoms with E-state index in [-0.39, 0.29) is 16.5 Å². The molecular weight excluding hydrogens is 306 g/mol. The third-order valence-electron chi connectivity index (χ3n) is 4.44. The van der Waals surface area contributed by atoms with Gasteiger partial charge in [0.25, 0.3) is 5.69 Å². The number of nitro benzene ring substituents is 1. The van der Waals surface area contributed by atoms with Crippen molar-refractivity contribution >= 4 is 11.7 Å². The van der Waals surface area contributed by atoms with Gasteiger partial charge in [-0.3, -0.25) is 10.1 Å². The van der Waals surface area contributed by atoms with Crippen molar-refractivity contribution in [2.24, 2.45) is 10.8 Å². The maximum atomic E-state index is 12.7. The van der Waals surface area contributed by atoms with Gasteiger partial charge in [0.05, 0.1) is 10.5 Å². The Morgan fingerprint density at radius 3 is 1.92 bits per heavy atom. The highest BCUT2D eigenvalue weighted by atomic mass is 16.6. The predicted octanol–water partition coefficient (Wildman–Crippen LogP) is 5.16. The summed E-state index contributed by atoms with van der Waals surface area (Å²) in [6.45, 7) is 16.0. The summed E-state index contributed by atoms with van der Waals surface area (Å²) < 4.78 is 6.01. The Kier molecular flexibility index (Phi) is 5.59. The standard InChI is InChI=1S/C19H27NO4/c1-8-13-19(17(2,3)4,18(5,6)7)24-16(21)14-9-11-15(12-10-14)20(22)23/h8-12H,1,13H2,2-7H3. The van der Waals surface area contributed by atoms with Crippen molar-refractivity contribution in [2.75, 3.05) is 0 Å². The maximum absolute atomic E-state index is 12.7. The van der Waals surface area contributed by atoms with Gasteiger partial charge in [-0.05, 0) is 12.1 Å². The quantitative estimate of drug-likeness (QED) is 0.323. The second-order valence-corrected chi connectivity index (χ2v) is 8.01. The van der Waals surface area contributed by atoms with E-state index >= 15 is 0 Å². The van der Waals surface area contributed by atoms with Crippen molar-refractivity contribution in [2.45, 2.75) is 53.6 Å². The zero-order valence-corrected chi connectivity index (χ0v) is 15.4. The van der Waals surface area contributed by atoms with Crippen LogP contribution < -0.4 is 0 Å². The molecule has 0 bridgehead atoms. The number of ether oxygens (including phenoxy) is 1. The average molecular weight is 333 g/mol. The molecule has 0 saturated heterocycles. The van der Waals surface area contributed by atoms with Crippen LogP contribution in [0.25, 0.3) is 0 Å². The van der Waals surface area contributed by atoms with Crippen molar-refractivity contribution in [1.82, 2.24) is 0 Å². The summed E-state index contributed by atoms with van der Waals surface area (Å²) in [6, 6.07) is 5.45. The minimum absolute atomic E-state index is 0.0597. The highest BCUT2D eigenvalue weighted by molar-refractivity contribution is 5.90. The molecule has 0 radical (unpaired) electrons. The minimum atomic E-state index is -0.763. The van der Waals surface area contributed by atoms with Gasteiger partial charge in [-0.1, -0.05) is 47.6 Å². The fourth-order valence-electron chi connectivity index (χ4n) is 3.22. The maximum Gasteiger partial charge on any atom is 0.338 e. The molecule has 0 aromatic heterocycles. The molecule has 0 fully saturated rings. The van der Waals surface area contributed by atoms with Gasteiger partial charge in [-0.25, -0.2) is 4.79 Å². The van der Waals surface area contributed by atoms with E-state index in [2.05, 4.69) is 6.58 Å². The van der Waals surface area contributed by atoms with Crippen LogP contribution in [0.15, 0.2) is 36.9 Å². The number of carbonyl (C=O) groups excluding carboxylic acids is 1. The lowest BCUT2D eigenvalue weighted by Crippen LogP contribution is -2.55. The molecule has 0 unspecified atom stereocenters. The average Bonchev–Trinajstić information content (AvgIpc) is 2.44. The molecule has 1 aromatic carbocycles. The van der Waals surface area contributed by atoms with E-state index in [4.69, 9.17) is 4.74 Å². The first kappa shape index (κ1) is 19.9. The lowest BCUT2D eigenvalue weighted by Gasteiger charge is -2.52. The van der Waals surface area contributed by atoms with E-state index in [1.807, 2.05) is 41.5 Å². The van der Waals surface area contributed by atoms with Crippen LogP contribution >= 0.6 is 0 Å². The number of nitrogens with zero attached hydrogens (tertiary/aromatic N) is 1. The molecule has 0 saturated carbocycles. The zero-order chi connectivity index (χ0) is 18.8. The summed E-state index contributed by atoms with van der Waals surface area (Å²) in [5.74, 6) is -0.489. The van der Waals surface area contributed by atoms with Gasteiger partial charge in [0.15, 0.2) is 0 Å². The second kappa shape index (κ2) is 6.75. The normalized spacial score (nSPS) is 12.6. The summed E-state index contributed by atoms with van der Waals surface area (Å²) in [4.78, 5) is 22.9. The molecule has 5 heteroatoms. The first-order chi connectivity index (χ1) is 10.9. The van der Waals surface area contributed by atoms with E-state index < -0.39 is 16.5 Å². The Balaban J connectivity index is 3.25. The number of rotatable bonds is 5. The molecule has 0 aliphatic heterocycles. The third kappa shape index (κ3) is 3.83. The Morgan fingerprint density at radius 1 is 1.12 bits per heavy atom. The molecular formula is C19H27NO4. The van der Waals surface area contributed by atoms with E-state index in [1.54, 1.807) is 6.08 Å². The number of esters is 1. The Morgan fingerprint density at radius 2 is 1.58 bits per heavy atom. The van der Waals surface area contributed by atoms with E-state index in [9.17, 15) is 14.9 Å². The number of non-ortho nitro benzene ring substituents is 1. The fraction of sp³-hybridized carbons (Fsp3) is 0.526. The summed E-state index contributed by atoms with van der Waals surface area (Å²) in [6.07, 6.45) is 2.28. The number of carbonyl (C=O) groups is 1. The topological polar surface area (TPSA) is 69.4 Å². The van der Waals surface area contributed by atoms with Crippen LogP contribution in [-0.2, 0) is 4.74 Å². The number of nitro groups is 1. The summed E-state index contributed by atoms with van der Waals surface area (Å²) in [5, 5.41) is 10.7. The smallest absolute Gasteiger partial charge is 0.338 e. The van der Waals surface area contributed by atoms with E-state index in [1.165, 1.54) is 24.3 Å². The molecule has 5 nitrogen and oxygen atoms in total. The van der Waals surface area contributed by atoms with Crippen LogP contribution in [0.4, 0.5) is 5.69 Å². The van der Waals surface area contributed by atoms with Crippen LogP contribution in [0.2, 0.25) is 0 Å². The molecule has 24 heavy (non-hydrogen) atoms. The van der Waals surface area contributed by atoms with Crippen molar-refractivity contribution in [1.29, 1.82) is 0 Å². The van der Waals surface area contributed by atoms with Gasteiger partial charge in [-0.2, -0.15) is 0 Å². The molecule has 1 rings (SSSR count). The highest BCUT2D eigenvalue weighted by Gasteiger charge is 2.53. The molecule has 0 N–H and O–H groups in total. The van der Waals surface area contributed by atoms with Gasteiger partial charge in [0.1, 0.15) is 5.60 Å². The number of benzene rings is 1. The molecule has 0 spiro atoms. The Labute approximate surface area is 143 Å². The van der Waals surface area contributed by atoms with Gasteiger partial charge in [0, 0.05) is 29.4 Å². The summed E-state index contributed by atoms with van der Waals surface area (Å²) >= 11 is 0. The predicted molar refractivity (Wildman–Crippen MR) is 95.0 cm³/mol. The SMILES string of the molecule is C=CCC(OC(=O)c1ccc([N+](=O)[O-])cc1)(C(C)(C)C)C(C)(C)C. The molecule has 132 valence electrons. The third-order valence-corrected chi connectivity index (χ3v) is 4.44. The minimum Gasteiger partial charge on any atom is -0.454 e. The number of hydrogen-bond donors (Lipinski definition) is 0. The van der Waals surface area contributed by atoms with Crippen molar-refractivity contribution in [3.05, 3.63) is 52.6 Å². The molecule has 0 atom stereocenters. The zero-order valence-electron chi connectivity index (χ0n) is 15.4. The van der Waals surface area contributed by atoms with Crippen molar-refractivity contribution < 1.29 is 14.5 Å². The van der Waals surface area contributed by atoms with E-state index in [0.29, 0.717) is 12.0 Å². The van der Waals surface area contributed by atoms with Crippen molar-refractivity contribution in [3.8, 4) is 0 Å². The van der Waals surface area contributed by atoms with Crippen LogP contribution in [0.3, 0.4) is 0 Å². The lowest BCUT2D eigenvalue weighted by molar-refractivity contribution is -0.384. The largest absolute Gasteiger partial charge is 0.454 e. The highest BCUT2D eigenvalue weighted by Crippen LogP contribution is 2.49. The molecule has 1 aromatic rings. The molecule has 0 aliphatic rings. The molecule has 0 amide bonds. The van der Waals surface area contributed by atoms with Crippen LogP contribution in [0, 0.1) is 20.9 Å². The number of hydrogen-bond acceptors (Lipinski definition) is 4. The lowest BCUT2D eigenvalue weighted by atomic mass is 9.61. The van der Waals surface area contributed by atoms with Gasteiger partial charge >= 0.3 is 5.97 Å².